The molecule has 2 N–H and O–H groups in total. The monoisotopic (exact) mass is 214 g/mol. The van der Waals surface area contributed by atoms with Gasteiger partial charge in [0.25, 0.3) is 0 Å². The maximum Gasteiger partial charge on any atom is 0.131 e. The standard InChI is InChI=1S/C12H12N2.C2H6/c1-9-4-2-5-10(8-9)11-6-3-7-14-12(11)13;1-2/h2-8H,1H3,(H2,13,14);1-2H3. The molecular formula is C14H18N2. The van der Waals surface area contributed by atoms with Crippen molar-refractivity contribution >= 4 is 5.82 Å². The fourth-order valence-electron chi connectivity index (χ4n) is 1.47. The molecule has 0 spiro atoms. The van der Waals surface area contributed by atoms with Gasteiger partial charge in [0, 0.05) is 11.8 Å². The molecule has 0 amide bonds. The van der Waals surface area contributed by atoms with E-state index in [1.807, 2.05) is 38.1 Å². The average Bonchev–Trinajstić information content (AvgIpc) is 2.32. The largest absolute Gasteiger partial charge is 0.383 e. The third kappa shape index (κ3) is 2.83. The normalized spacial score (nSPS) is 9.19. The molecule has 0 atom stereocenters. The van der Waals surface area contributed by atoms with Crippen molar-refractivity contribution in [2.75, 3.05) is 5.73 Å². The van der Waals surface area contributed by atoms with E-state index in [1.165, 1.54) is 5.56 Å². The summed E-state index contributed by atoms with van der Waals surface area (Å²) in [5.74, 6) is 0.582. The van der Waals surface area contributed by atoms with Crippen molar-refractivity contribution in [2.24, 2.45) is 0 Å². The molecule has 2 heteroatoms. The summed E-state index contributed by atoms with van der Waals surface area (Å²) in [4.78, 5) is 4.06. The zero-order valence-corrected chi connectivity index (χ0v) is 10.1. The van der Waals surface area contributed by atoms with Crippen LogP contribution in [0.25, 0.3) is 11.1 Å². The van der Waals surface area contributed by atoms with E-state index in [4.69, 9.17) is 5.73 Å². The third-order valence-corrected chi connectivity index (χ3v) is 2.17. The van der Waals surface area contributed by atoms with E-state index in [-0.39, 0.29) is 0 Å². The topological polar surface area (TPSA) is 38.9 Å². The lowest BCUT2D eigenvalue weighted by atomic mass is 10.0. The zero-order chi connectivity index (χ0) is 12.0. The number of hydrogen-bond donors (Lipinski definition) is 1. The van der Waals surface area contributed by atoms with Gasteiger partial charge in [-0.2, -0.15) is 0 Å². The van der Waals surface area contributed by atoms with Crippen LogP contribution in [0.5, 0.6) is 0 Å². The molecule has 16 heavy (non-hydrogen) atoms. The summed E-state index contributed by atoms with van der Waals surface area (Å²) >= 11 is 0. The number of nitrogen functional groups attached to an aromatic ring is 1. The lowest BCUT2D eigenvalue weighted by Crippen LogP contribution is -1.92. The molecule has 1 aromatic heterocycles. The van der Waals surface area contributed by atoms with Gasteiger partial charge in [0.15, 0.2) is 0 Å². The molecule has 84 valence electrons. The Hall–Kier alpha value is -1.83. The van der Waals surface area contributed by atoms with E-state index in [0.29, 0.717) is 5.82 Å². The maximum atomic E-state index is 5.79. The molecule has 0 aliphatic rings. The van der Waals surface area contributed by atoms with Crippen molar-refractivity contribution < 1.29 is 0 Å². The van der Waals surface area contributed by atoms with Crippen LogP contribution in [0, 0.1) is 6.92 Å². The molecule has 0 aliphatic carbocycles. The van der Waals surface area contributed by atoms with Crippen LogP contribution in [0.3, 0.4) is 0 Å². The minimum absolute atomic E-state index is 0.582. The van der Waals surface area contributed by atoms with Gasteiger partial charge in [-0.3, -0.25) is 0 Å². The highest BCUT2D eigenvalue weighted by molar-refractivity contribution is 5.73. The predicted octanol–water partition coefficient (Wildman–Crippen LogP) is 3.67. The number of pyridine rings is 1. The van der Waals surface area contributed by atoms with Crippen LogP contribution in [-0.2, 0) is 0 Å². The van der Waals surface area contributed by atoms with Gasteiger partial charge in [0.2, 0.25) is 0 Å². The van der Waals surface area contributed by atoms with Gasteiger partial charge in [-0.1, -0.05) is 43.7 Å². The second kappa shape index (κ2) is 5.91. The van der Waals surface area contributed by atoms with Gasteiger partial charge in [0.05, 0.1) is 0 Å². The van der Waals surface area contributed by atoms with Crippen LogP contribution in [-0.4, -0.2) is 4.98 Å². The number of benzene rings is 1. The molecular weight excluding hydrogens is 196 g/mol. The minimum Gasteiger partial charge on any atom is -0.383 e. The van der Waals surface area contributed by atoms with Crippen molar-refractivity contribution in [3.63, 3.8) is 0 Å². The van der Waals surface area contributed by atoms with Crippen LogP contribution in [0.1, 0.15) is 19.4 Å². The number of rotatable bonds is 1. The number of aryl methyl sites for hydroxylation is 1. The van der Waals surface area contributed by atoms with E-state index < -0.39 is 0 Å². The van der Waals surface area contributed by atoms with Gasteiger partial charge in [-0.15, -0.1) is 0 Å². The summed E-state index contributed by atoms with van der Waals surface area (Å²) in [6.07, 6.45) is 1.70. The van der Waals surface area contributed by atoms with E-state index in [1.54, 1.807) is 6.20 Å². The fourth-order valence-corrected chi connectivity index (χ4v) is 1.47. The molecule has 0 bridgehead atoms. The van der Waals surface area contributed by atoms with Crippen LogP contribution in [0.15, 0.2) is 42.6 Å². The molecule has 1 heterocycles. The Bertz CT molecular complexity index is 450. The number of hydrogen-bond acceptors (Lipinski definition) is 2. The number of anilines is 1. The smallest absolute Gasteiger partial charge is 0.131 e. The molecule has 0 aliphatic heterocycles. The molecule has 2 rings (SSSR count). The van der Waals surface area contributed by atoms with Crippen molar-refractivity contribution in [1.29, 1.82) is 0 Å². The molecule has 0 unspecified atom stereocenters. The molecule has 2 nitrogen and oxygen atoms in total. The zero-order valence-electron chi connectivity index (χ0n) is 10.1. The summed E-state index contributed by atoms with van der Waals surface area (Å²) in [7, 11) is 0. The van der Waals surface area contributed by atoms with Gasteiger partial charge in [-0.25, -0.2) is 4.98 Å². The summed E-state index contributed by atoms with van der Waals surface area (Å²) in [5.41, 5.74) is 9.14. The SMILES string of the molecule is CC.Cc1cccc(-c2cccnc2N)c1. The first-order chi connectivity index (χ1) is 7.77. The Kier molecular flexibility index (Phi) is 4.52. The van der Waals surface area contributed by atoms with Crippen molar-refractivity contribution in [1.82, 2.24) is 4.98 Å². The lowest BCUT2D eigenvalue weighted by molar-refractivity contribution is 1.33. The van der Waals surface area contributed by atoms with Crippen LogP contribution < -0.4 is 5.73 Å². The van der Waals surface area contributed by atoms with Gasteiger partial charge >= 0.3 is 0 Å². The van der Waals surface area contributed by atoms with Gasteiger partial charge in [0.1, 0.15) is 5.82 Å². The Balaban J connectivity index is 0.000000606. The Morgan fingerprint density at radius 1 is 1.06 bits per heavy atom. The Morgan fingerprint density at radius 2 is 1.81 bits per heavy atom. The van der Waals surface area contributed by atoms with E-state index in [2.05, 4.69) is 24.0 Å². The van der Waals surface area contributed by atoms with Crippen molar-refractivity contribution in [2.45, 2.75) is 20.8 Å². The highest BCUT2D eigenvalue weighted by Gasteiger charge is 2.01. The van der Waals surface area contributed by atoms with Crippen LogP contribution >= 0.6 is 0 Å². The minimum atomic E-state index is 0.582. The number of aromatic nitrogens is 1. The van der Waals surface area contributed by atoms with E-state index in [9.17, 15) is 0 Å². The average molecular weight is 214 g/mol. The first kappa shape index (κ1) is 12.2. The van der Waals surface area contributed by atoms with Crippen LogP contribution in [0.2, 0.25) is 0 Å². The van der Waals surface area contributed by atoms with Gasteiger partial charge in [-0.05, 0) is 24.6 Å². The number of nitrogens with zero attached hydrogens (tertiary/aromatic N) is 1. The first-order valence-electron chi connectivity index (χ1n) is 5.55. The van der Waals surface area contributed by atoms with Crippen molar-refractivity contribution in [3.05, 3.63) is 48.2 Å². The second-order valence-corrected chi connectivity index (χ2v) is 3.31. The maximum absolute atomic E-state index is 5.79. The molecule has 0 saturated heterocycles. The molecule has 0 saturated carbocycles. The van der Waals surface area contributed by atoms with Crippen molar-refractivity contribution in [3.8, 4) is 11.1 Å². The van der Waals surface area contributed by atoms with E-state index >= 15 is 0 Å². The molecule has 0 fully saturated rings. The molecule has 0 radical (unpaired) electrons. The van der Waals surface area contributed by atoms with Gasteiger partial charge < -0.3 is 5.73 Å². The Morgan fingerprint density at radius 3 is 2.44 bits per heavy atom. The third-order valence-electron chi connectivity index (χ3n) is 2.17. The Labute approximate surface area is 97.1 Å². The quantitative estimate of drug-likeness (QED) is 0.786. The predicted molar refractivity (Wildman–Crippen MR) is 70.2 cm³/mol. The summed E-state index contributed by atoms with van der Waals surface area (Å²) in [5, 5.41) is 0. The molecule has 2 aromatic rings. The number of nitrogens with two attached hydrogens (primary N) is 1. The fraction of sp³-hybridized carbons (Fsp3) is 0.214. The van der Waals surface area contributed by atoms with E-state index in [0.717, 1.165) is 11.1 Å². The lowest BCUT2D eigenvalue weighted by Gasteiger charge is -2.04. The summed E-state index contributed by atoms with van der Waals surface area (Å²) in [6, 6.07) is 12.1. The van der Waals surface area contributed by atoms with Crippen LogP contribution in [0.4, 0.5) is 5.82 Å². The summed E-state index contributed by atoms with van der Waals surface area (Å²) in [6.45, 7) is 6.07. The first-order valence-corrected chi connectivity index (χ1v) is 5.55. The highest BCUT2D eigenvalue weighted by atomic mass is 14.8. The molecule has 1 aromatic carbocycles. The highest BCUT2D eigenvalue weighted by Crippen LogP contribution is 2.23. The second-order valence-electron chi connectivity index (χ2n) is 3.31. The summed E-state index contributed by atoms with van der Waals surface area (Å²) < 4.78 is 0.